The van der Waals surface area contributed by atoms with Crippen molar-refractivity contribution >= 4 is 5.69 Å². The quantitative estimate of drug-likeness (QED) is 0.920. The Balaban J connectivity index is 2.15. The molecule has 0 saturated carbocycles. The first-order valence-corrected chi connectivity index (χ1v) is 7.53. The molecule has 2 rings (SSSR count). The lowest BCUT2D eigenvalue weighted by Crippen LogP contribution is -2.43. The van der Waals surface area contributed by atoms with E-state index in [1.54, 1.807) is 6.07 Å². The van der Waals surface area contributed by atoms with Crippen LogP contribution in [0.15, 0.2) is 18.2 Å². The number of halogens is 1. The lowest BCUT2D eigenvalue weighted by Gasteiger charge is -2.38. The zero-order chi connectivity index (χ0) is 14.7. The smallest absolute Gasteiger partial charge is 0.123 e. The van der Waals surface area contributed by atoms with Crippen LogP contribution in [0, 0.1) is 5.82 Å². The van der Waals surface area contributed by atoms with Crippen molar-refractivity contribution in [2.45, 2.75) is 38.8 Å². The second kappa shape index (κ2) is 6.55. The molecule has 1 aromatic rings. The van der Waals surface area contributed by atoms with Crippen molar-refractivity contribution in [3.05, 3.63) is 29.6 Å². The summed E-state index contributed by atoms with van der Waals surface area (Å²) in [7, 11) is 2.10. The van der Waals surface area contributed by atoms with Gasteiger partial charge in [-0.15, -0.1) is 0 Å². The predicted octanol–water partition coefficient (Wildman–Crippen LogP) is 2.77. The Kier molecular flexibility index (Phi) is 5.00. The van der Waals surface area contributed by atoms with Gasteiger partial charge < -0.3 is 15.5 Å². The number of benzene rings is 1. The van der Waals surface area contributed by atoms with E-state index in [1.165, 1.54) is 6.07 Å². The van der Waals surface area contributed by atoms with E-state index in [0.717, 1.165) is 43.7 Å². The average Bonchev–Trinajstić information content (AvgIpc) is 2.46. The molecule has 1 fully saturated rings. The van der Waals surface area contributed by atoms with Crippen LogP contribution < -0.4 is 10.6 Å². The number of piperidine rings is 1. The molecule has 0 aliphatic carbocycles. The van der Waals surface area contributed by atoms with Crippen molar-refractivity contribution in [1.82, 2.24) is 4.90 Å². The SMILES string of the molecule is CCN1CCC(N(C)c2ccc(F)cc2C(C)N)CC1. The first-order valence-electron chi connectivity index (χ1n) is 7.53. The molecular weight excluding hydrogens is 253 g/mol. The normalized spacial score (nSPS) is 19.1. The first-order chi connectivity index (χ1) is 9.52. The Morgan fingerprint density at radius 3 is 2.60 bits per heavy atom. The summed E-state index contributed by atoms with van der Waals surface area (Å²) in [6.07, 6.45) is 2.31. The average molecular weight is 279 g/mol. The predicted molar refractivity (Wildman–Crippen MR) is 82.5 cm³/mol. The van der Waals surface area contributed by atoms with E-state index in [1.807, 2.05) is 13.0 Å². The highest BCUT2D eigenvalue weighted by atomic mass is 19.1. The van der Waals surface area contributed by atoms with Crippen LogP contribution in [0.4, 0.5) is 10.1 Å². The third-order valence-corrected chi connectivity index (χ3v) is 4.41. The molecule has 1 saturated heterocycles. The standard InChI is InChI=1S/C16H26FN3/c1-4-20-9-7-14(8-10-20)19(3)16-6-5-13(17)11-15(16)12(2)18/h5-6,11-12,14H,4,7-10,18H2,1-3H3. The summed E-state index contributed by atoms with van der Waals surface area (Å²) in [5, 5.41) is 0. The molecule has 0 aromatic heterocycles. The molecule has 1 aliphatic heterocycles. The number of nitrogens with zero attached hydrogens (tertiary/aromatic N) is 2. The van der Waals surface area contributed by atoms with E-state index >= 15 is 0 Å². The van der Waals surface area contributed by atoms with Crippen molar-refractivity contribution in [3.63, 3.8) is 0 Å². The largest absolute Gasteiger partial charge is 0.371 e. The number of rotatable bonds is 4. The Hall–Kier alpha value is -1.13. The zero-order valence-corrected chi connectivity index (χ0v) is 12.8. The third kappa shape index (κ3) is 3.30. The Morgan fingerprint density at radius 2 is 2.05 bits per heavy atom. The summed E-state index contributed by atoms with van der Waals surface area (Å²) < 4.78 is 13.4. The van der Waals surface area contributed by atoms with Crippen LogP contribution in [0.1, 0.15) is 38.3 Å². The summed E-state index contributed by atoms with van der Waals surface area (Å²) in [5.74, 6) is -0.213. The van der Waals surface area contributed by atoms with Crippen LogP contribution in [0.25, 0.3) is 0 Å². The summed E-state index contributed by atoms with van der Waals surface area (Å²) in [6, 6.07) is 5.32. The number of nitrogens with two attached hydrogens (primary N) is 1. The molecule has 20 heavy (non-hydrogen) atoms. The highest BCUT2D eigenvalue weighted by Crippen LogP contribution is 2.29. The van der Waals surface area contributed by atoms with Crippen LogP contribution >= 0.6 is 0 Å². The van der Waals surface area contributed by atoms with E-state index < -0.39 is 0 Å². The Labute approximate surface area is 121 Å². The second-order valence-corrected chi connectivity index (χ2v) is 5.77. The van der Waals surface area contributed by atoms with E-state index in [0.29, 0.717) is 6.04 Å². The van der Waals surface area contributed by atoms with Gasteiger partial charge in [-0.2, -0.15) is 0 Å². The summed E-state index contributed by atoms with van der Waals surface area (Å²) in [5.41, 5.74) is 7.95. The van der Waals surface area contributed by atoms with Crippen molar-refractivity contribution in [2.24, 2.45) is 5.73 Å². The van der Waals surface area contributed by atoms with Crippen LogP contribution in [-0.4, -0.2) is 37.6 Å². The minimum Gasteiger partial charge on any atom is -0.371 e. The molecule has 1 aromatic carbocycles. The third-order valence-electron chi connectivity index (χ3n) is 4.41. The molecule has 0 amide bonds. The fourth-order valence-corrected chi connectivity index (χ4v) is 3.03. The van der Waals surface area contributed by atoms with Gasteiger partial charge in [0.15, 0.2) is 0 Å². The molecule has 2 N–H and O–H groups in total. The van der Waals surface area contributed by atoms with E-state index in [2.05, 4.69) is 23.8 Å². The van der Waals surface area contributed by atoms with Crippen molar-refractivity contribution in [3.8, 4) is 0 Å². The molecule has 1 unspecified atom stereocenters. The van der Waals surface area contributed by atoms with Crippen molar-refractivity contribution < 1.29 is 4.39 Å². The number of hydrogen-bond donors (Lipinski definition) is 1. The topological polar surface area (TPSA) is 32.5 Å². The monoisotopic (exact) mass is 279 g/mol. The fourth-order valence-electron chi connectivity index (χ4n) is 3.03. The van der Waals surface area contributed by atoms with Gasteiger partial charge >= 0.3 is 0 Å². The molecular formula is C16H26FN3. The molecule has 1 heterocycles. The first kappa shape index (κ1) is 15.3. The molecule has 3 nitrogen and oxygen atoms in total. The van der Waals surface area contributed by atoms with Gasteiger partial charge in [-0.25, -0.2) is 4.39 Å². The summed E-state index contributed by atoms with van der Waals surface area (Å²) in [4.78, 5) is 4.76. The van der Waals surface area contributed by atoms with Crippen LogP contribution in [0.3, 0.4) is 0 Å². The van der Waals surface area contributed by atoms with Gasteiger partial charge in [0.1, 0.15) is 5.82 Å². The maximum atomic E-state index is 13.4. The van der Waals surface area contributed by atoms with Crippen molar-refractivity contribution in [1.29, 1.82) is 0 Å². The maximum absolute atomic E-state index is 13.4. The van der Waals surface area contributed by atoms with Crippen LogP contribution in [-0.2, 0) is 0 Å². The van der Waals surface area contributed by atoms with E-state index in [4.69, 9.17) is 5.73 Å². The minimum absolute atomic E-state index is 0.154. The van der Waals surface area contributed by atoms with Crippen LogP contribution in [0.2, 0.25) is 0 Å². The lowest BCUT2D eigenvalue weighted by atomic mass is 10.00. The molecule has 0 radical (unpaired) electrons. The highest BCUT2D eigenvalue weighted by Gasteiger charge is 2.23. The van der Waals surface area contributed by atoms with Gasteiger partial charge in [0, 0.05) is 37.9 Å². The molecule has 112 valence electrons. The van der Waals surface area contributed by atoms with E-state index in [9.17, 15) is 4.39 Å². The zero-order valence-electron chi connectivity index (χ0n) is 12.8. The maximum Gasteiger partial charge on any atom is 0.123 e. The second-order valence-electron chi connectivity index (χ2n) is 5.77. The van der Waals surface area contributed by atoms with Gasteiger partial charge in [-0.3, -0.25) is 0 Å². The van der Waals surface area contributed by atoms with E-state index in [-0.39, 0.29) is 11.9 Å². The number of anilines is 1. The number of hydrogen-bond acceptors (Lipinski definition) is 3. The lowest BCUT2D eigenvalue weighted by molar-refractivity contribution is 0.220. The molecule has 4 heteroatoms. The van der Waals surface area contributed by atoms with Gasteiger partial charge in [0.05, 0.1) is 0 Å². The van der Waals surface area contributed by atoms with Gasteiger partial charge in [-0.1, -0.05) is 6.92 Å². The highest BCUT2D eigenvalue weighted by molar-refractivity contribution is 5.55. The number of likely N-dealkylation sites (tertiary alicyclic amines) is 1. The fraction of sp³-hybridized carbons (Fsp3) is 0.625. The summed E-state index contributed by atoms with van der Waals surface area (Å²) >= 11 is 0. The van der Waals surface area contributed by atoms with Crippen molar-refractivity contribution in [2.75, 3.05) is 31.6 Å². The summed E-state index contributed by atoms with van der Waals surface area (Å²) in [6.45, 7) is 7.52. The van der Waals surface area contributed by atoms with Gasteiger partial charge in [0.2, 0.25) is 0 Å². The van der Waals surface area contributed by atoms with Gasteiger partial charge in [0.25, 0.3) is 0 Å². The van der Waals surface area contributed by atoms with Gasteiger partial charge in [-0.05, 0) is 50.1 Å². The molecule has 0 bridgehead atoms. The van der Waals surface area contributed by atoms with Crippen LogP contribution in [0.5, 0.6) is 0 Å². The molecule has 1 aliphatic rings. The Bertz CT molecular complexity index is 439. The molecule has 1 atom stereocenters. The minimum atomic E-state index is -0.213. The Morgan fingerprint density at radius 1 is 1.40 bits per heavy atom. The molecule has 0 spiro atoms.